The van der Waals surface area contributed by atoms with Crippen LogP contribution in [0.4, 0.5) is 0 Å². The molecule has 0 amide bonds. The largest absolute Gasteiger partial charge is 0.472 e. The van der Waals surface area contributed by atoms with Crippen LogP contribution in [0, 0.1) is 0 Å². The van der Waals surface area contributed by atoms with E-state index in [1.165, 1.54) is 250 Å². The Labute approximate surface area is 426 Å². The van der Waals surface area contributed by atoms with E-state index in [1.807, 2.05) is 0 Å². The molecule has 0 fully saturated rings. The van der Waals surface area contributed by atoms with Gasteiger partial charge in [-0.2, -0.15) is 0 Å². The molecule has 0 saturated carbocycles. The van der Waals surface area contributed by atoms with E-state index < -0.39 is 51.8 Å². The van der Waals surface area contributed by atoms with Crippen molar-refractivity contribution in [1.82, 2.24) is 0 Å². The van der Waals surface area contributed by atoms with E-state index in [-0.39, 0.29) is 19.4 Å². The SMILES string of the molecule is CCCCCCCCCCCCCCCCCCCCCCCCCCC(=O)OC(COC(=O)CCCCCCCCCCCCCCCCCCCCCCCC)COP(=O)(O)OCC(O)CO. The quantitative estimate of drug-likeness (QED) is 0.0305. The number of aliphatic hydroxyl groups excluding tert-OH is 2. The van der Waals surface area contributed by atoms with Crippen molar-refractivity contribution in [1.29, 1.82) is 0 Å². The summed E-state index contributed by atoms with van der Waals surface area (Å²) >= 11 is 0. The Bertz CT molecular complexity index is 1110. The van der Waals surface area contributed by atoms with Gasteiger partial charge in [0.2, 0.25) is 0 Å². The van der Waals surface area contributed by atoms with Gasteiger partial charge in [-0.3, -0.25) is 18.6 Å². The van der Waals surface area contributed by atoms with Gasteiger partial charge in [0.25, 0.3) is 0 Å². The third kappa shape index (κ3) is 54.6. The maximum atomic E-state index is 12.7. The fraction of sp³-hybridized carbons (Fsp3) is 0.966. The monoisotopic (exact) mass is 1000 g/mol. The third-order valence-electron chi connectivity index (χ3n) is 13.8. The molecule has 0 aliphatic heterocycles. The van der Waals surface area contributed by atoms with E-state index in [2.05, 4.69) is 13.8 Å². The van der Waals surface area contributed by atoms with Gasteiger partial charge in [0.15, 0.2) is 6.10 Å². The molecule has 0 bridgehead atoms. The number of carbonyl (C=O) groups is 2. The molecule has 0 aromatic carbocycles. The van der Waals surface area contributed by atoms with Gasteiger partial charge >= 0.3 is 19.8 Å². The van der Waals surface area contributed by atoms with Crippen molar-refractivity contribution >= 4 is 19.8 Å². The van der Waals surface area contributed by atoms with Crippen LogP contribution in [0.15, 0.2) is 0 Å². The van der Waals surface area contributed by atoms with Gasteiger partial charge in [-0.05, 0) is 12.8 Å². The molecule has 412 valence electrons. The minimum atomic E-state index is -4.62. The second kappa shape index (κ2) is 54.7. The Morgan fingerprint density at radius 3 is 0.899 bits per heavy atom. The van der Waals surface area contributed by atoms with Gasteiger partial charge in [0, 0.05) is 12.8 Å². The Hall–Kier alpha value is -1.03. The number of ether oxygens (including phenoxy) is 2. The average molecular weight is 1000 g/mol. The van der Waals surface area contributed by atoms with Crippen molar-refractivity contribution in [2.24, 2.45) is 0 Å². The lowest BCUT2D eigenvalue weighted by atomic mass is 10.0. The lowest BCUT2D eigenvalue weighted by molar-refractivity contribution is -0.161. The normalized spacial score (nSPS) is 13.4. The fourth-order valence-electron chi connectivity index (χ4n) is 9.18. The summed E-state index contributed by atoms with van der Waals surface area (Å²) in [4.78, 5) is 35.3. The number of esters is 2. The summed E-state index contributed by atoms with van der Waals surface area (Å²) in [6.45, 7) is 2.48. The van der Waals surface area contributed by atoms with E-state index in [0.29, 0.717) is 12.8 Å². The van der Waals surface area contributed by atoms with E-state index in [9.17, 15) is 24.2 Å². The molecule has 0 saturated heterocycles. The molecule has 0 aromatic rings. The molecule has 0 radical (unpaired) electrons. The number of phosphoric acid groups is 1. The van der Waals surface area contributed by atoms with Gasteiger partial charge in [-0.1, -0.05) is 296 Å². The summed E-state index contributed by atoms with van der Waals surface area (Å²) in [5.74, 6) is -0.897. The highest BCUT2D eigenvalue weighted by atomic mass is 31.2. The standard InChI is InChI=1S/C58H115O10P/c1-3-5-7-9-11-13-15-17-19-21-23-25-27-28-30-32-34-36-38-40-42-44-46-48-50-58(62)68-56(54-67-69(63,64)66-52-55(60)51-59)53-65-57(61)49-47-45-43-41-39-37-35-33-31-29-26-24-22-20-18-16-14-12-10-8-6-4-2/h55-56,59-60H,3-54H2,1-2H3,(H,63,64). The van der Waals surface area contributed by atoms with Crippen molar-refractivity contribution in [3.63, 3.8) is 0 Å². The summed E-state index contributed by atoms with van der Waals surface area (Å²) in [7, 11) is -4.62. The number of unbranched alkanes of at least 4 members (excludes halogenated alkanes) is 44. The van der Waals surface area contributed by atoms with Crippen LogP contribution < -0.4 is 0 Å². The number of phosphoric ester groups is 1. The first kappa shape index (κ1) is 68.0. The lowest BCUT2D eigenvalue weighted by Gasteiger charge is -2.20. The number of hydrogen-bond donors (Lipinski definition) is 3. The van der Waals surface area contributed by atoms with Crippen LogP contribution >= 0.6 is 7.82 Å². The van der Waals surface area contributed by atoms with Gasteiger partial charge < -0.3 is 24.6 Å². The second-order valence-corrected chi connectivity index (χ2v) is 22.2. The van der Waals surface area contributed by atoms with Crippen LogP contribution in [0.5, 0.6) is 0 Å². The number of carbonyl (C=O) groups excluding carboxylic acids is 2. The molecule has 3 atom stereocenters. The lowest BCUT2D eigenvalue weighted by Crippen LogP contribution is -2.29. The fourth-order valence-corrected chi connectivity index (χ4v) is 9.97. The van der Waals surface area contributed by atoms with Crippen LogP contribution in [-0.4, -0.2) is 65.7 Å². The molecule has 10 nitrogen and oxygen atoms in total. The van der Waals surface area contributed by atoms with E-state index in [0.717, 1.165) is 32.1 Å². The van der Waals surface area contributed by atoms with Crippen molar-refractivity contribution < 1.29 is 47.8 Å². The summed E-state index contributed by atoms with van der Waals surface area (Å²) in [5.41, 5.74) is 0. The highest BCUT2D eigenvalue weighted by Crippen LogP contribution is 2.43. The number of aliphatic hydroxyl groups is 2. The van der Waals surface area contributed by atoms with E-state index >= 15 is 0 Å². The van der Waals surface area contributed by atoms with Gasteiger partial charge in [0.1, 0.15) is 12.7 Å². The molecular weight excluding hydrogens is 888 g/mol. The van der Waals surface area contributed by atoms with Crippen molar-refractivity contribution in [3.05, 3.63) is 0 Å². The van der Waals surface area contributed by atoms with Gasteiger partial charge in [-0.15, -0.1) is 0 Å². The molecule has 3 unspecified atom stereocenters. The minimum Gasteiger partial charge on any atom is -0.462 e. The molecule has 0 aliphatic rings. The summed E-state index contributed by atoms with van der Waals surface area (Å²) in [6.07, 6.45) is 58.0. The van der Waals surface area contributed by atoms with Gasteiger partial charge in [0.05, 0.1) is 19.8 Å². The zero-order chi connectivity index (χ0) is 50.4. The molecule has 0 heterocycles. The molecule has 0 aliphatic carbocycles. The Balaban J connectivity index is 4.02. The molecule has 11 heteroatoms. The van der Waals surface area contributed by atoms with Crippen LogP contribution in [0.3, 0.4) is 0 Å². The Morgan fingerprint density at radius 1 is 0.377 bits per heavy atom. The Kier molecular flexibility index (Phi) is 53.9. The summed E-state index contributed by atoms with van der Waals surface area (Å²) in [6, 6.07) is 0. The first-order chi connectivity index (χ1) is 33.7. The highest BCUT2D eigenvalue weighted by molar-refractivity contribution is 7.47. The minimum absolute atomic E-state index is 0.194. The van der Waals surface area contributed by atoms with Crippen LogP contribution in [0.1, 0.15) is 322 Å². The molecule has 69 heavy (non-hydrogen) atoms. The maximum Gasteiger partial charge on any atom is 0.472 e. The van der Waals surface area contributed by atoms with Crippen molar-refractivity contribution in [2.45, 2.75) is 334 Å². The molecule has 0 aromatic heterocycles. The van der Waals surface area contributed by atoms with Crippen LogP contribution in [0.25, 0.3) is 0 Å². The average Bonchev–Trinajstić information content (AvgIpc) is 3.34. The smallest absolute Gasteiger partial charge is 0.462 e. The maximum absolute atomic E-state index is 12.7. The molecular formula is C58H115O10P. The summed E-state index contributed by atoms with van der Waals surface area (Å²) in [5, 5.41) is 18.5. The van der Waals surface area contributed by atoms with Gasteiger partial charge in [-0.25, -0.2) is 4.57 Å². The zero-order valence-electron chi connectivity index (χ0n) is 45.6. The third-order valence-corrected chi connectivity index (χ3v) is 14.7. The topological polar surface area (TPSA) is 149 Å². The van der Waals surface area contributed by atoms with Crippen LogP contribution in [0.2, 0.25) is 0 Å². The predicted octanol–water partition coefficient (Wildman–Crippen LogP) is 17.7. The Morgan fingerprint density at radius 2 is 0.623 bits per heavy atom. The highest BCUT2D eigenvalue weighted by Gasteiger charge is 2.27. The predicted molar refractivity (Wildman–Crippen MR) is 289 cm³/mol. The van der Waals surface area contributed by atoms with E-state index in [1.54, 1.807) is 0 Å². The summed E-state index contributed by atoms with van der Waals surface area (Å²) < 4.78 is 33.0. The van der Waals surface area contributed by atoms with Crippen molar-refractivity contribution in [2.75, 3.05) is 26.4 Å². The first-order valence-electron chi connectivity index (χ1n) is 30.0. The first-order valence-corrected chi connectivity index (χ1v) is 31.5. The second-order valence-electron chi connectivity index (χ2n) is 20.7. The molecule has 0 spiro atoms. The van der Waals surface area contributed by atoms with Crippen LogP contribution in [-0.2, 0) is 32.7 Å². The number of hydrogen-bond acceptors (Lipinski definition) is 9. The number of rotatable bonds is 58. The zero-order valence-corrected chi connectivity index (χ0v) is 46.5. The molecule has 3 N–H and O–H groups in total. The van der Waals surface area contributed by atoms with Crippen molar-refractivity contribution in [3.8, 4) is 0 Å². The van der Waals surface area contributed by atoms with E-state index in [4.69, 9.17) is 23.6 Å². The molecule has 0 rings (SSSR count).